The second kappa shape index (κ2) is 8.00. The highest BCUT2D eigenvalue weighted by Crippen LogP contribution is 2.39. The lowest BCUT2D eigenvalue weighted by atomic mass is 10.2. The number of carbonyl (C=O) groups excluding carboxylic acids is 1. The number of fused-ring (bicyclic) bond motifs is 1. The fraction of sp³-hybridized carbons (Fsp3) is 0.316. The molecule has 1 aliphatic rings. The van der Waals surface area contributed by atoms with Gasteiger partial charge in [0.1, 0.15) is 16.4 Å². The maximum atomic E-state index is 13.2. The van der Waals surface area contributed by atoms with Crippen molar-refractivity contribution >= 4 is 43.2 Å². The summed E-state index contributed by atoms with van der Waals surface area (Å²) in [6, 6.07) is 8.17. The Hall–Kier alpha value is -2.26. The molecule has 1 amide bonds. The van der Waals surface area contributed by atoms with Crippen molar-refractivity contribution in [1.29, 1.82) is 0 Å². The highest BCUT2D eigenvalue weighted by Gasteiger charge is 2.32. The summed E-state index contributed by atoms with van der Waals surface area (Å²) in [6.45, 7) is 2.22. The van der Waals surface area contributed by atoms with Crippen LogP contribution in [0.5, 0.6) is 11.5 Å². The van der Waals surface area contributed by atoms with Crippen LogP contribution in [-0.4, -0.2) is 35.1 Å². The predicted octanol–water partition coefficient (Wildman–Crippen LogP) is 3.57. The first kappa shape index (κ1) is 20.5. The zero-order valence-electron chi connectivity index (χ0n) is 15.8. The molecule has 0 unspecified atom stereocenters. The van der Waals surface area contributed by atoms with Crippen LogP contribution in [0.15, 0.2) is 39.7 Å². The van der Waals surface area contributed by atoms with Crippen LogP contribution in [0, 0.1) is 0 Å². The van der Waals surface area contributed by atoms with Crippen LogP contribution in [-0.2, 0) is 21.2 Å². The number of methoxy groups -OCH3 is 2. The number of amides is 1. The summed E-state index contributed by atoms with van der Waals surface area (Å²) in [5.41, 5.74) is 1.54. The van der Waals surface area contributed by atoms with E-state index in [0.29, 0.717) is 41.0 Å². The Morgan fingerprint density at radius 1 is 1.21 bits per heavy atom. The van der Waals surface area contributed by atoms with Gasteiger partial charge in [-0.1, -0.05) is 22.9 Å². The SMILES string of the molecule is CCC(=O)N1CCc2cc(Br)cc(S(=O)(=O)Nc3ccc(OC)cc3OC)c21. The van der Waals surface area contributed by atoms with Gasteiger partial charge in [-0.15, -0.1) is 0 Å². The molecule has 1 N–H and O–H groups in total. The Bertz CT molecular complexity index is 1020. The van der Waals surface area contributed by atoms with Crippen molar-refractivity contribution in [3.05, 3.63) is 40.4 Å². The molecule has 2 aromatic carbocycles. The van der Waals surface area contributed by atoms with Crippen LogP contribution >= 0.6 is 15.9 Å². The van der Waals surface area contributed by atoms with E-state index >= 15 is 0 Å². The van der Waals surface area contributed by atoms with Crippen LogP contribution in [0.4, 0.5) is 11.4 Å². The minimum Gasteiger partial charge on any atom is -0.497 e. The van der Waals surface area contributed by atoms with Crippen LogP contribution in [0.25, 0.3) is 0 Å². The van der Waals surface area contributed by atoms with Crippen molar-refractivity contribution in [2.24, 2.45) is 0 Å². The number of sulfonamides is 1. The van der Waals surface area contributed by atoms with Crippen molar-refractivity contribution in [2.75, 3.05) is 30.4 Å². The molecule has 150 valence electrons. The number of nitrogens with one attached hydrogen (secondary N) is 1. The molecule has 7 nitrogen and oxygen atoms in total. The molecule has 2 aromatic rings. The number of hydrogen-bond donors (Lipinski definition) is 1. The third-order valence-corrected chi connectivity index (χ3v) is 6.38. The van der Waals surface area contributed by atoms with Crippen molar-refractivity contribution in [2.45, 2.75) is 24.7 Å². The smallest absolute Gasteiger partial charge is 0.264 e. The van der Waals surface area contributed by atoms with E-state index in [9.17, 15) is 13.2 Å². The summed E-state index contributed by atoms with van der Waals surface area (Å²) in [5.74, 6) is 0.762. The van der Waals surface area contributed by atoms with Crippen LogP contribution in [0.3, 0.4) is 0 Å². The first-order valence-corrected chi connectivity index (χ1v) is 11.0. The second-order valence-corrected chi connectivity index (χ2v) is 8.80. The summed E-state index contributed by atoms with van der Waals surface area (Å²) in [7, 11) is -1.02. The first-order valence-electron chi connectivity index (χ1n) is 8.68. The normalized spacial score (nSPS) is 13.2. The summed E-state index contributed by atoms with van der Waals surface area (Å²) in [5, 5.41) is 0. The summed E-state index contributed by atoms with van der Waals surface area (Å²) < 4.78 is 40.1. The maximum Gasteiger partial charge on any atom is 0.264 e. The predicted molar refractivity (Wildman–Crippen MR) is 111 cm³/mol. The van der Waals surface area contributed by atoms with E-state index in [2.05, 4.69) is 20.7 Å². The maximum absolute atomic E-state index is 13.2. The minimum absolute atomic E-state index is 0.0500. The van der Waals surface area contributed by atoms with Gasteiger partial charge in [-0.05, 0) is 36.2 Å². The number of hydrogen-bond acceptors (Lipinski definition) is 5. The van der Waals surface area contributed by atoms with E-state index in [1.165, 1.54) is 20.3 Å². The van der Waals surface area contributed by atoms with Gasteiger partial charge >= 0.3 is 0 Å². The summed E-state index contributed by atoms with van der Waals surface area (Å²) in [4.78, 5) is 13.9. The number of ether oxygens (including phenoxy) is 2. The standard InChI is InChI=1S/C19H21BrN2O5S/c1-4-18(23)22-8-7-12-9-13(20)10-17(19(12)22)28(24,25)21-15-6-5-14(26-2)11-16(15)27-3/h5-6,9-11,21H,4,7-8H2,1-3H3. The van der Waals surface area contributed by atoms with Crippen molar-refractivity contribution in [3.63, 3.8) is 0 Å². The Kier molecular flexibility index (Phi) is 5.85. The fourth-order valence-corrected chi connectivity index (χ4v) is 5.20. The quantitative estimate of drug-likeness (QED) is 0.700. The molecular weight excluding hydrogens is 448 g/mol. The topological polar surface area (TPSA) is 84.9 Å². The first-order chi connectivity index (χ1) is 13.3. The van der Waals surface area contributed by atoms with Crippen LogP contribution < -0.4 is 19.1 Å². The van der Waals surface area contributed by atoms with Crippen molar-refractivity contribution in [3.8, 4) is 11.5 Å². The molecule has 3 rings (SSSR count). The molecule has 9 heteroatoms. The Balaban J connectivity index is 2.08. The molecule has 0 aliphatic carbocycles. The van der Waals surface area contributed by atoms with E-state index in [4.69, 9.17) is 9.47 Å². The molecule has 0 radical (unpaired) electrons. The molecule has 0 fully saturated rings. The molecule has 0 saturated carbocycles. The molecular formula is C19H21BrN2O5S. The number of halogens is 1. The van der Waals surface area contributed by atoms with Crippen LogP contribution in [0.2, 0.25) is 0 Å². The molecule has 0 atom stereocenters. The third-order valence-electron chi connectivity index (χ3n) is 4.54. The molecule has 1 heterocycles. The lowest BCUT2D eigenvalue weighted by molar-refractivity contribution is -0.118. The van der Waals surface area contributed by atoms with E-state index in [-0.39, 0.29) is 16.5 Å². The minimum atomic E-state index is -3.98. The zero-order chi connectivity index (χ0) is 20.5. The van der Waals surface area contributed by atoms with Gasteiger partial charge in [0.05, 0.1) is 25.6 Å². The largest absolute Gasteiger partial charge is 0.497 e. The van der Waals surface area contributed by atoms with Crippen molar-refractivity contribution in [1.82, 2.24) is 0 Å². The molecule has 0 spiro atoms. The van der Waals surface area contributed by atoms with Gasteiger partial charge in [0.15, 0.2) is 0 Å². The average molecular weight is 469 g/mol. The number of rotatable bonds is 6. The van der Waals surface area contributed by atoms with Gasteiger partial charge in [0.25, 0.3) is 10.0 Å². The molecule has 28 heavy (non-hydrogen) atoms. The van der Waals surface area contributed by atoms with Gasteiger partial charge in [0, 0.05) is 23.5 Å². The number of benzene rings is 2. The third kappa shape index (κ3) is 3.81. The number of nitrogens with zero attached hydrogens (tertiary/aromatic N) is 1. The fourth-order valence-electron chi connectivity index (χ4n) is 3.20. The molecule has 0 bridgehead atoms. The summed E-state index contributed by atoms with van der Waals surface area (Å²) >= 11 is 3.38. The highest BCUT2D eigenvalue weighted by atomic mass is 79.9. The summed E-state index contributed by atoms with van der Waals surface area (Å²) in [6.07, 6.45) is 0.906. The Morgan fingerprint density at radius 2 is 1.96 bits per heavy atom. The highest BCUT2D eigenvalue weighted by molar-refractivity contribution is 9.10. The monoisotopic (exact) mass is 468 g/mol. The van der Waals surface area contributed by atoms with Gasteiger partial charge in [-0.25, -0.2) is 8.42 Å². The van der Waals surface area contributed by atoms with Crippen molar-refractivity contribution < 1.29 is 22.7 Å². The van der Waals surface area contributed by atoms with E-state index < -0.39 is 10.0 Å². The second-order valence-electron chi connectivity index (χ2n) is 6.23. The Labute approximate surface area is 172 Å². The number of carbonyl (C=O) groups is 1. The number of anilines is 2. The van der Waals surface area contributed by atoms with Crippen LogP contribution in [0.1, 0.15) is 18.9 Å². The van der Waals surface area contributed by atoms with Gasteiger partial charge in [-0.3, -0.25) is 9.52 Å². The van der Waals surface area contributed by atoms with E-state index in [1.54, 1.807) is 30.0 Å². The lowest BCUT2D eigenvalue weighted by Gasteiger charge is -2.21. The molecule has 0 saturated heterocycles. The molecule has 0 aromatic heterocycles. The zero-order valence-corrected chi connectivity index (χ0v) is 18.2. The average Bonchev–Trinajstić information content (AvgIpc) is 3.10. The van der Waals surface area contributed by atoms with Gasteiger partial charge in [-0.2, -0.15) is 0 Å². The lowest BCUT2D eigenvalue weighted by Crippen LogP contribution is -2.29. The molecule has 1 aliphatic heterocycles. The van der Waals surface area contributed by atoms with E-state index in [1.807, 2.05) is 6.07 Å². The van der Waals surface area contributed by atoms with Gasteiger partial charge < -0.3 is 14.4 Å². The van der Waals surface area contributed by atoms with E-state index in [0.717, 1.165) is 5.56 Å². The van der Waals surface area contributed by atoms with Gasteiger partial charge in [0.2, 0.25) is 5.91 Å². The Morgan fingerprint density at radius 3 is 2.61 bits per heavy atom.